The van der Waals surface area contributed by atoms with E-state index in [-0.39, 0.29) is 17.8 Å². The Labute approximate surface area is 217 Å². The normalized spacial score (nSPS) is 16.9. The monoisotopic (exact) mass is 496 g/mol. The van der Waals surface area contributed by atoms with Gasteiger partial charge in [-0.25, -0.2) is 4.79 Å². The standard InChI is InChI=1S/C30H32N4O3/c35-27-20-24-13-7-8-14-25(24)30(33-27)15-17-34(18-16-30)29(37)32-26(19-22-9-3-1-4-10-22)28(36)31-21-23-11-5-2-6-12-23/h1-14,26H,15-21H2,(H,31,36)(H,32,37)(H,33,35). The molecule has 5 rings (SSSR count). The third kappa shape index (κ3) is 5.66. The van der Waals surface area contributed by atoms with E-state index in [2.05, 4.69) is 22.0 Å². The Bertz CT molecular complexity index is 1250. The zero-order chi connectivity index (χ0) is 25.7. The first-order chi connectivity index (χ1) is 18.0. The molecule has 3 N–H and O–H groups in total. The first-order valence-electron chi connectivity index (χ1n) is 12.8. The summed E-state index contributed by atoms with van der Waals surface area (Å²) < 4.78 is 0. The van der Waals surface area contributed by atoms with Crippen molar-refractivity contribution in [1.29, 1.82) is 0 Å². The second-order valence-corrected chi connectivity index (χ2v) is 9.85. The van der Waals surface area contributed by atoms with Crippen molar-refractivity contribution in [1.82, 2.24) is 20.9 Å². The van der Waals surface area contributed by atoms with Gasteiger partial charge in [-0.05, 0) is 35.1 Å². The second kappa shape index (κ2) is 10.9. The number of amides is 4. The van der Waals surface area contributed by atoms with Crippen LogP contribution in [0.15, 0.2) is 84.9 Å². The van der Waals surface area contributed by atoms with Gasteiger partial charge in [0.25, 0.3) is 0 Å². The summed E-state index contributed by atoms with van der Waals surface area (Å²) in [6.45, 7) is 1.38. The third-order valence-electron chi connectivity index (χ3n) is 7.37. The number of likely N-dealkylation sites (tertiary alicyclic amines) is 1. The molecule has 7 heteroatoms. The SMILES string of the molecule is O=C1Cc2ccccc2C2(CCN(C(=O)NC(Cc3ccccc3)C(=O)NCc3ccccc3)CC2)N1. The molecule has 190 valence electrons. The Morgan fingerprint density at radius 1 is 0.865 bits per heavy atom. The lowest BCUT2D eigenvalue weighted by atomic mass is 9.75. The van der Waals surface area contributed by atoms with Crippen LogP contribution in [0.25, 0.3) is 0 Å². The minimum atomic E-state index is -0.704. The highest BCUT2D eigenvalue weighted by atomic mass is 16.2. The Kier molecular flexibility index (Phi) is 7.21. The van der Waals surface area contributed by atoms with Gasteiger partial charge in [0.1, 0.15) is 6.04 Å². The molecule has 2 aliphatic rings. The van der Waals surface area contributed by atoms with E-state index in [1.165, 1.54) is 0 Å². The molecule has 1 spiro atoms. The number of benzene rings is 3. The summed E-state index contributed by atoms with van der Waals surface area (Å²) in [6, 6.07) is 26.5. The molecule has 0 radical (unpaired) electrons. The van der Waals surface area contributed by atoms with E-state index in [0.29, 0.717) is 45.3 Å². The molecule has 3 aromatic carbocycles. The van der Waals surface area contributed by atoms with Crippen molar-refractivity contribution in [2.45, 2.75) is 43.8 Å². The minimum absolute atomic E-state index is 0.0228. The van der Waals surface area contributed by atoms with E-state index in [9.17, 15) is 14.4 Å². The van der Waals surface area contributed by atoms with Crippen molar-refractivity contribution in [3.05, 3.63) is 107 Å². The Hall–Kier alpha value is -4.13. The molecule has 3 aromatic rings. The number of carbonyl (C=O) groups is 3. The van der Waals surface area contributed by atoms with Crippen LogP contribution < -0.4 is 16.0 Å². The lowest BCUT2D eigenvalue weighted by molar-refractivity contribution is -0.124. The number of fused-ring (bicyclic) bond motifs is 2. The third-order valence-corrected chi connectivity index (χ3v) is 7.37. The molecule has 7 nitrogen and oxygen atoms in total. The van der Waals surface area contributed by atoms with Gasteiger partial charge >= 0.3 is 6.03 Å². The average Bonchev–Trinajstić information content (AvgIpc) is 2.93. The van der Waals surface area contributed by atoms with Crippen LogP contribution in [0.1, 0.15) is 35.1 Å². The number of rotatable bonds is 6. The quantitative estimate of drug-likeness (QED) is 0.489. The van der Waals surface area contributed by atoms with Gasteiger partial charge < -0.3 is 20.9 Å². The largest absolute Gasteiger partial charge is 0.350 e. The van der Waals surface area contributed by atoms with Gasteiger partial charge in [-0.15, -0.1) is 0 Å². The van der Waals surface area contributed by atoms with Crippen molar-refractivity contribution >= 4 is 17.8 Å². The molecular formula is C30H32N4O3. The number of piperidine rings is 1. The lowest BCUT2D eigenvalue weighted by Crippen LogP contribution is -2.59. The maximum Gasteiger partial charge on any atom is 0.318 e. The van der Waals surface area contributed by atoms with E-state index < -0.39 is 11.6 Å². The fourth-order valence-electron chi connectivity index (χ4n) is 5.39. The molecule has 2 heterocycles. The van der Waals surface area contributed by atoms with Crippen LogP contribution in [0, 0.1) is 0 Å². The number of urea groups is 1. The summed E-state index contributed by atoms with van der Waals surface area (Å²) in [6.07, 6.45) is 2.05. The smallest absolute Gasteiger partial charge is 0.318 e. The van der Waals surface area contributed by atoms with Gasteiger partial charge in [-0.1, -0.05) is 84.9 Å². The predicted octanol–water partition coefficient (Wildman–Crippen LogP) is 3.29. The summed E-state index contributed by atoms with van der Waals surface area (Å²) in [5.41, 5.74) is 3.73. The highest BCUT2D eigenvalue weighted by molar-refractivity contribution is 5.87. The molecule has 1 saturated heterocycles. The molecule has 0 aromatic heterocycles. The van der Waals surface area contributed by atoms with Crippen molar-refractivity contribution in [2.24, 2.45) is 0 Å². The maximum absolute atomic E-state index is 13.3. The Morgan fingerprint density at radius 2 is 1.49 bits per heavy atom. The van der Waals surface area contributed by atoms with Gasteiger partial charge in [-0.2, -0.15) is 0 Å². The van der Waals surface area contributed by atoms with Crippen LogP contribution in [0.4, 0.5) is 4.79 Å². The van der Waals surface area contributed by atoms with Gasteiger partial charge in [0.05, 0.1) is 12.0 Å². The number of hydrogen-bond donors (Lipinski definition) is 3. The number of nitrogens with one attached hydrogen (secondary N) is 3. The fraction of sp³-hybridized carbons (Fsp3) is 0.300. The van der Waals surface area contributed by atoms with Gasteiger partial charge in [0, 0.05) is 26.1 Å². The van der Waals surface area contributed by atoms with Gasteiger partial charge in [-0.3, -0.25) is 9.59 Å². The average molecular weight is 497 g/mol. The molecule has 1 unspecified atom stereocenters. The first kappa shape index (κ1) is 24.6. The molecule has 1 atom stereocenters. The highest BCUT2D eigenvalue weighted by Crippen LogP contribution is 2.37. The molecule has 0 bridgehead atoms. The number of nitrogens with zero attached hydrogens (tertiary/aromatic N) is 1. The summed E-state index contributed by atoms with van der Waals surface area (Å²) in [5.74, 6) is -0.197. The Balaban J connectivity index is 1.25. The van der Waals surface area contributed by atoms with Crippen LogP contribution in [-0.2, 0) is 34.5 Å². The van der Waals surface area contributed by atoms with Crippen molar-refractivity contribution in [3.8, 4) is 0 Å². The van der Waals surface area contributed by atoms with E-state index in [0.717, 1.165) is 22.3 Å². The zero-order valence-corrected chi connectivity index (χ0v) is 20.8. The van der Waals surface area contributed by atoms with Crippen LogP contribution in [-0.4, -0.2) is 41.9 Å². The van der Waals surface area contributed by atoms with E-state index >= 15 is 0 Å². The van der Waals surface area contributed by atoms with Crippen molar-refractivity contribution in [2.75, 3.05) is 13.1 Å². The molecule has 2 aliphatic heterocycles. The molecule has 4 amide bonds. The van der Waals surface area contributed by atoms with Crippen LogP contribution in [0.5, 0.6) is 0 Å². The van der Waals surface area contributed by atoms with Crippen LogP contribution in [0.3, 0.4) is 0 Å². The first-order valence-corrected chi connectivity index (χ1v) is 12.8. The van der Waals surface area contributed by atoms with Gasteiger partial charge in [0.15, 0.2) is 0 Å². The molecule has 0 saturated carbocycles. The van der Waals surface area contributed by atoms with E-state index in [1.54, 1.807) is 4.90 Å². The summed E-state index contributed by atoms with van der Waals surface area (Å²) in [7, 11) is 0. The molecule has 37 heavy (non-hydrogen) atoms. The molecular weight excluding hydrogens is 464 g/mol. The maximum atomic E-state index is 13.3. The number of carbonyl (C=O) groups excluding carboxylic acids is 3. The zero-order valence-electron chi connectivity index (χ0n) is 20.8. The summed E-state index contributed by atoms with van der Waals surface area (Å²) >= 11 is 0. The minimum Gasteiger partial charge on any atom is -0.350 e. The summed E-state index contributed by atoms with van der Waals surface area (Å²) in [4.78, 5) is 40.6. The van der Waals surface area contributed by atoms with E-state index in [4.69, 9.17) is 0 Å². The second-order valence-electron chi connectivity index (χ2n) is 9.85. The molecule has 1 fully saturated rings. The molecule has 0 aliphatic carbocycles. The Morgan fingerprint density at radius 3 is 2.19 bits per heavy atom. The lowest BCUT2D eigenvalue weighted by Gasteiger charge is -2.45. The van der Waals surface area contributed by atoms with Crippen LogP contribution in [0.2, 0.25) is 0 Å². The van der Waals surface area contributed by atoms with E-state index in [1.807, 2.05) is 78.9 Å². The number of hydrogen-bond acceptors (Lipinski definition) is 3. The fourth-order valence-corrected chi connectivity index (χ4v) is 5.39. The predicted molar refractivity (Wildman–Crippen MR) is 142 cm³/mol. The highest BCUT2D eigenvalue weighted by Gasteiger charge is 2.42. The topological polar surface area (TPSA) is 90.5 Å². The van der Waals surface area contributed by atoms with Gasteiger partial charge in [0.2, 0.25) is 11.8 Å². The van der Waals surface area contributed by atoms with Crippen LogP contribution >= 0.6 is 0 Å². The summed E-state index contributed by atoms with van der Waals surface area (Å²) in [5, 5.41) is 9.16. The van der Waals surface area contributed by atoms with Crippen molar-refractivity contribution in [3.63, 3.8) is 0 Å². The van der Waals surface area contributed by atoms with Crippen molar-refractivity contribution < 1.29 is 14.4 Å².